The highest BCUT2D eigenvalue weighted by molar-refractivity contribution is 5.74. The molecule has 0 aliphatic carbocycles. The molecule has 8 heteroatoms. The third-order valence-electron chi connectivity index (χ3n) is 2.63. The van der Waals surface area contributed by atoms with Crippen LogP contribution in [0.1, 0.15) is 5.56 Å². The molecule has 0 aliphatic rings. The minimum atomic E-state index is -0.480. The molecule has 1 N–H and O–H groups in total. The first-order chi connectivity index (χ1) is 10.0. The van der Waals surface area contributed by atoms with Crippen molar-refractivity contribution < 1.29 is 4.92 Å². The molecule has 0 fully saturated rings. The Kier molecular flexibility index (Phi) is 3.95. The Bertz CT molecular complexity index is 724. The third-order valence-corrected chi connectivity index (χ3v) is 2.63. The molecule has 8 nitrogen and oxygen atoms in total. The Hall–Kier alpha value is -3.21. The molecule has 1 aromatic heterocycles. The van der Waals surface area contributed by atoms with Crippen LogP contribution >= 0.6 is 0 Å². The quantitative estimate of drug-likeness (QED) is 0.400. The standard InChI is InChI=1S/C13H12N6O2/c1-18(2)8-15-13-11(7-14)12(16-17-13)9-3-5-10(6-4-9)19(20)21/h3-6,8H,1-2H3,(H,16,17)/b15-8-. The molecule has 106 valence electrons. The first kappa shape index (κ1) is 14.2. The van der Waals surface area contributed by atoms with Crippen LogP contribution in [-0.4, -0.2) is 40.5 Å². The molecule has 0 radical (unpaired) electrons. The SMILES string of the molecule is CN(C)/C=N\c1[nH]nc(-c2ccc([N+](=O)[O-])cc2)c1C#N. The average Bonchev–Trinajstić information content (AvgIpc) is 2.88. The predicted molar refractivity (Wildman–Crippen MR) is 77.2 cm³/mol. The van der Waals surface area contributed by atoms with Gasteiger partial charge in [0.2, 0.25) is 0 Å². The van der Waals surface area contributed by atoms with Crippen LogP contribution < -0.4 is 0 Å². The van der Waals surface area contributed by atoms with Crippen LogP contribution in [0, 0.1) is 21.4 Å². The maximum Gasteiger partial charge on any atom is 0.269 e. The van der Waals surface area contributed by atoms with E-state index < -0.39 is 4.92 Å². The molecular formula is C13H12N6O2. The summed E-state index contributed by atoms with van der Waals surface area (Å²) in [5.41, 5.74) is 1.30. The maximum atomic E-state index is 10.6. The van der Waals surface area contributed by atoms with Crippen molar-refractivity contribution in [3.05, 3.63) is 39.9 Å². The smallest absolute Gasteiger partial charge is 0.269 e. The van der Waals surface area contributed by atoms with E-state index in [1.165, 1.54) is 12.1 Å². The molecule has 1 heterocycles. The van der Waals surface area contributed by atoms with Crippen molar-refractivity contribution in [2.24, 2.45) is 4.99 Å². The molecular weight excluding hydrogens is 272 g/mol. The number of nitriles is 1. The molecule has 1 aromatic carbocycles. The summed E-state index contributed by atoms with van der Waals surface area (Å²) in [5, 5.41) is 26.6. The topological polar surface area (TPSA) is 111 Å². The molecule has 0 atom stereocenters. The van der Waals surface area contributed by atoms with Gasteiger partial charge in [0.25, 0.3) is 5.69 Å². The number of H-pyrrole nitrogens is 1. The molecule has 0 bridgehead atoms. The Morgan fingerprint density at radius 2 is 2.10 bits per heavy atom. The highest BCUT2D eigenvalue weighted by Crippen LogP contribution is 2.28. The van der Waals surface area contributed by atoms with Crippen LogP contribution in [0.5, 0.6) is 0 Å². The fourth-order valence-electron chi connectivity index (χ4n) is 1.66. The lowest BCUT2D eigenvalue weighted by Gasteiger charge is -2.01. The number of nitro groups is 1. The van der Waals surface area contributed by atoms with Crippen LogP contribution in [0.15, 0.2) is 29.3 Å². The van der Waals surface area contributed by atoms with Crippen molar-refractivity contribution in [3.63, 3.8) is 0 Å². The minimum absolute atomic E-state index is 0.0151. The van der Waals surface area contributed by atoms with E-state index in [1.807, 2.05) is 20.2 Å². The second-order valence-electron chi connectivity index (χ2n) is 4.42. The summed E-state index contributed by atoms with van der Waals surface area (Å²) in [6, 6.07) is 7.88. The molecule has 0 amide bonds. The summed E-state index contributed by atoms with van der Waals surface area (Å²) in [6.45, 7) is 0. The second-order valence-corrected chi connectivity index (χ2v) is 4.42. The van der Waals surface area contributed by atoms with Crippen LogP contribution in [-0.2, 0) is 0 Å². The van der Waals surface area contributed by atoms with Gasteiger partial charge in [-0.1, -0.05) is 0 Å². The molecule has 2 aromatic rings. The van der Waals surface area contributed by atoms with Gasteiger partial charge >= 0.3 is 0 Å². The van der Waals surface area contributed by atoms with Crippen LogP contribution in [0.25, 0.3) is 11.3 Å². The summed E-state index contributed by atoms with van der Waals surface area (Å²) in [7, 11) is 3.62. The normalized spacial score (nSPS) is 10.5. The van der Waals surface area contributed by atoms with Gasteiger partial charge in [0.1, 0.15) is 17.3 Å². The van der Waals surface area contributed by atoms with Crippen molar-refractivity contribution in [2.45, 2.75) is 0 Å². The van der Waals surface area contributed by atoms with Crippen molar-refractivity contribution in [1.82, 2.24) is 15.1 Å². The number of rotatable bonds is 4. The Labute approximate surface area is 120 Å². The number of aromatic nitrogens is 2. The molecule has 0 saturated carbocycles. The summed E-state index contributed by atoms with van der Waals surface area (Å²) in [6.07, 6.45) is 1.55. The van der Waals surface area contributed by atoms with Crippen molar-refractivity contribution in [3.8, 4) is 17.3 Å². The van der Waals surface area contributed by atoms with E-state index >= 15 is 0 Å². The first-order valence-electron chi connectivity index (χ1n) is 5.97. The largest absolute Gasteiger partial charge is 0.369 e. The summed E-state index contributed by atoms with van der Waals surface area (Å²) in [4.78, 5) is 16.0. The van der Waals surface area contributed by atoms with E-state index in [9.17, 15) is 15.4 Å². The van der Waals surface area contributed by atoms with Gasteiger partial charge in [-0.2, -0.15) is 10.4 Å². The third kappa shape index (κ3) is 3.03. The minimum Gasteiger partial charge on any atom is -0.369 e. The van der Waals surface area contributed by atoms with Crippen molar-refractivity contribution in [2.75, 3.05) is 14.1 Å². The second kappa shape index (κ2) is 5.83. The monoisotopic (exact) mass is 284 g/mol. The number of benzene rings is 1. The highest BCUT2D eigenvalue weighted by Gasteiger charge is 2.15. The van der Waals surface area contributed by atoms with E-state index in [0.717, 1.165) is 0 Å². The number of non-ortho nitro benzene ring substituents is 1. The van der Waals surface area contributed by atoms with Gasteiger partial charge in [-0.05, 0) is 12.1 Å². The van der Waals surface area contributed by atoms with Crippen molar-refractivity contribution >= 4 is 17.8 Å². The number of aliphatic imine (C=N–C) groups is 1. The van der Waals surface area contributed by atoms with Gasteiger partial charge in [-0.15, -0.1) is 0 Å². The van der Waals surface area contributed by atoms with Crippen LogP contribution in [0.2, 0.25) is 0 Å². The maximum absolute atomic E-state index is 10.6. The molecule has 21 heavy (non-hydrogen) atoms. The zero-order valence-electron chi connectivity index (χ0n) is 11.4. The fourth-order valence-corrected chi connectivity index (χ4v) is 1.66. The molecule has 0 saturated heterocycles. The number of aromatic amines is 1. The zero-order chi connectivity index (χ0) is 15.4. The molecule has 0 unspecified atom stereocenters. The van der Waals surface area contributed by atoms with Gasteiger partial charge in [0, 0.05) is 31.8 Å². The Balaban J connectivity index is 2.41. The number of nitrogens with zero attached hydrogens (tertiary/aromatic N) is 5. The van der Waals surface area contributed by atoms with Crippen LogP contribution in [0.3, 0.4) is 0 Å². The van der Waals surface area contributed by atoms with Gasteiger partial charge in [0.05, 0.1) is 11.3 Å². The first-order valence-corrected chi connectivity index (χ1v) is 5.97. The Morgan fingerprint density at radius 1 is 1.43 bits per heavy atom. The molecule has 0 spiro atoms. The van der Waals surface area contributed by atoms with Gasteiger partial charge in [-0.3, -0.25) is 15.2 Å². The number of nitro benzene ring substituents is 1. The van der Waals surface area contributed by atoms with E-state index in [4.69, 9.17) is 0 Å². The summed E-state index contributed by atoms with van der Waals surface area (Å²) >= 11 is 0. The lowest BCUT2D eigenvalue weighted by molar-refractivity contribution is -0.384. The highest BCUT2D eigenvalue weighted by atomic mass is 16.6. The molecule has 2 rings (SSSR count). The van der Waals surface area contributed by atoms with E-state index in [-0.39, 0.29) is 5.69 Å². The summed E-state index contributed by atoms with van der Waals surface area (Å²) in [5.74, 6) is 0.347. The number of hydrogen-bond acceptors (Lipinski definition) is 5. The van der Waals surface area contributed by atoms with Crippen molar-refractivity contribution in [1.29, 1.82) is 5.26 Å². The van der Waals surface area contributed by atoms with E-state index in [0.29, 0.717) is 22.6 Å². The lowest BCUT2D eigenvalue weighted by atomic mass is 10.1. The number of nitrogens with one attached hydrogen (secondary N) is 1. The average molecular weight is 284 g/mol. The predicted octanol–water partition coefficient (Wildman–Crippen LogP) is 2.08. The van der Waals surface area contributed by atoms with Gasteiger partial charge in [0.15, 0.2) is 5.82 Å². The van der Waals surface area contributed by atoms with E-state index in [1.54, 1.807) is 23.4 Å². The lowest BCUT2D eigenvalue weighted by Crippen LogP contribution is -2.07. The number of hydrogen-bond donors (Lipinski definition) is 1. The van der Waals surface area contributed by atoms with E-state index in [2.05, 4.69) is 15.2 Å². The Morgan fingerprint density at radius 3 is 2.62 bits per heavy atom. The fraction of sp³-hybridized carbons (Fsp3) is 0.154. The summed E-state index contributed by atoms with van der Waals surface area (Å²) < 4.78 is 0. The van der Waals surface area contributed by atoms with Gasteiger partial charge < -0.3 is 4.90 Å². The van der Waals surface area contributed by atoms with Crippen LogP contribution in [0.4, 0.5) is 11.5 Å². The van der Waals surface area contributed by atoms with Gasteiger partial charge in [-0.25, -0.2) is 4.99 Å². The molecule has 0 aliphatic heterocycles. The zero-order valence-corrected chi connectivity index (χ0v) is 11.4.